The molecule has 0 aliphatic carbocycles. The molecule has 78 valence electrons. The van der Waals surface area contributed by atoms with Crippen molar-refractivity contribution in [3.05, 3.63) is 41.3 Å². The van der Waals surface area contributed by atoms with Crippen LogP contribution in [0.2, 0.25) is 5.02 Å². The molecule has 2 heterocycles. The maximum Gasteiger partial charge on any atom is 0.144 e. The molecule has 15 heavy (non-hydrogen) atoms. The molecule has 2 rings (SSSR count). The van der Waals surface area contributed by atoms with E-state index in [1.807, 2.05) is 12.1 Å². The van der Waals surface area contributed by atoms with Crippen molar-refractivity contribution in [2.24, 2.45) is 5.84 Å². The van der Waals surface area contributed by atoms with E-state index in [1.54, 1.807) is 23.3 Å². The van der Waals surface area contributed by atoms with E-state index in [4.69, 9.17) is 17.4 Å². The molecular formula is C9H10ClN5. The van der Waals surface area contributed by atoms with E-state index < -0.39 is 0 Å². The number of nitrogens with zero attached hydrogens (tertiary/aromatic N) is 3. The third kappa shape index (κ3) is 2.26. The second-order valence-electron chi connectivity index (χ2n) is 3.01. The van der Waals surface area contributed by atoms with Crippen molar-refractivity contribution in [3.63, 3.8) is 0 Å². The number of pyridine rings is 1. The van der Waals surface area contributed by atoms with Crippen LogP contribution in [0.5, 0.6) is 0 Å². The number of hydrogen-bond acceptors (Lipinski definition) is 4. The SMILES string of the molecule is NNc1ncccc1Cn1cc(Cl)cn1. The standard InChI is InChI=1S/C9H10ClN5/c10-8-4-13-15(6-8)5-7-2-1-3-12-9(7)14-11/h1-4,6H,5,11H2,(H,12,14). The van der Waals surface area contributed by atoms with Gasteiger partial charge in [-0.3, -0.25) is 4.68 Å². The van der Waals surface area contributed by atoms with Crippen LogP contribution in [0.15, 0.2) is 30.7 Å². The lowest BCUT2D eigenvalue weighted by atomic mass is 10.2. The summed E-state index contributed by atoms with van der Waals surface area (Å²) in [5.74, 6) is 5.98. The normalized spacial score (nSPS) is 10.3. The Labute approximate surface area is 91.8 Å². The van der Waals surface area contributed by atoms with Crippen molar-refractivity contribution in [2.75, 3.05) is 5.43 Å². The number of nitrogens with two attached hydrogens (primary N) is 1. The van der Waals surface area contributed by atoms with Crippen LogP contribution in [-0.2, 0) is 6.54 Å². The summed E-state index contributed by atoms with van der Waals surface area (Å²) in [6, 6.07) is 3.78. The molecule has 0 saturated carbocycles. The lowest BCUT2D eigenvalue weighted by Gasteiger charge is -2.06. The molecular weight excluding hydrogens is 214 g/mol. The van der Waals surface area contributed by atoms with Crippen LogP contribution in [0, 0.1) is 0 Å². The average Bonchev–Trinajstić information content (AvgIpc) is 2.65. The fraction of sp³-hybridized carbons (Fsp3) is 0.111. The van der Waals surface area contributed by atoms with Gasteiger partial charge in [0, 0.05) is 18.0 Å². The van der Waals surface area contributed by atoms with Crippen LogP contribution in [0.1, 0.15) is 5.56 Å². The van der Waals surface area contributed by atoms with Crippen LogP contribution in [0.25, 0.3) is 0 Å². The first kappa shape index (κ1) is 9.95. The van der Waals surface area contributed by atoms with Gasteiger partial charge in [-0.25, -0.2) is 10.8 Å². The largest absolute Gasteiger partial charge is 0.308 e. The quantitative estimate of drug-likeness (QED) is 0.607. The number of hydrazine groups is 1. The summed E-state index contributed by atoms with van der Waals surface area (Å²) in [5.41, 5.74) is 3.50. The smallest absolute Gasteiger partial charge is 0.144 e. The van der Waals surface area contributed by atoms with E-state index in [0.717, 1.165) is 5.56 Å². The Hall–Kier alpha value is -1.59. The number of hydrogen-bond donors (Lipinski definition) is 2. The number of nitrogen functional groups attached to an aromatic ring is 1. The predicted molar refractivity (Wildman–Crippen MR) is 58.4 cm³/mol. The second-order valence-corrected chi connectivity index (χ2v) is 3.45. The molecule has 3 N–H and O–H groups in total. The molecule has 0 atom stereocenters. The molecule has 0 aliphatic rings. The average molecular weight is 224 g/mol. The minimum Gasteiger partial charge on any atom is -0.308 e. The second kappa shape index (κ2) is 4.29. The van der Waals surface area contributed by atoms with Gasteiger partial charge in [0.05, 0.1) is 17.8 Å². The first-order valence-corrected chi connectivity index (χ1v) is 4.76. The van der Waals surface area contributed by atoms with E-state index in [0.29, 0.717) is 17.4 Å². The lowest BCUT2D eigenvalue weighted by molar-refractivity contribution is 0.686. The van der Waals surface area contributed by atoms with Crippen LogP contribution in [0.4, 0.5) is 5.82 Å². The summed E-state index contributed by atoms with van der Waals surface area (Å²) in [4.78, 5) is 4.09. The summed E-state index contributed by atoms with van der Waals surface area (Å²) in [5, 5.41) is 4.69. The molecule has 0 bridgehead atoms. The molecule has 0 fully saturated rings. The zero-order valence-electron chi connectivity index (χ0n) is 7.89. The van der Waals surface area contributed by atoms with Gasteiger partial charge in [0.1, 0.15) is 5.82 Å². The Bertz CT molecular complexity index is 453. The number of aromatic nitrogens is 3. The van der Waals surface area contributed by atoms with Crippen LogP contribution >= 0.6 is 11.6 Å². The van der Waals surface area contributed by atoms with Crippen molar-refractivity contribution in [2.45, 2.75) is 6.54 Å². The van der Waals surface area contributed by atoms with Crippen LogP contribution in [-0.4, -0.2) is 14.8 Å². The minimum absolute atomic E-state index is 0.583. The molecule has 5 nitrogen and oxygen atoms in total. The van der Waals surface area contributed by atoms with Crippen molar-refractivity contribution in [1.29, 1.82) is 0 Å². The topological polar surface area (TPSA) is 68.8 Å². The van der Waals surface area contributed by atoms with Gasteiger partial charge < -0.3 is 5.43 Å². The van der Waals surface area contributed by atoms with Crippen LogP contribution in [0.3, 0.4) is 0 Å². The first-order valence-electron chi connectivity index (χ1n) is 4.38. The molecule has 0 spiro atoms. The summed E-state index contributed by atoms with van der Waals surface area (Å²) in [6.45, 7) is 0.583. The molecule has 2 aromatic rings. The molecule has 0 aromatic carbocycles. The van der Waals surface area contributed by atoms with Crippen molar-refractivity contribution in [1.82, 2.24) is 14.8 Å². The van der Waals surface area contributed by atoms with E-state index in [2.05, 4.69) is 15.5 Å². The number of anilines is 1. The molecule has 2 aromatic heterocycles. The Kier molecular flexibility index (Phi) is 2.84. The van der Waals surface area contributed by atoms with E-state index in [-0.39, 0.29) is 0 Å². The highest BCUT2D eigenvalue weighted by molar-refractivity contribution is 6.30. The summed E-state index contributed by atoms with van der Waals surface area (Å²) < 4.78 is 1.72. The van der Waals surface area contributed by atoms with Gasteiger partial charge in [-0.05, 0) is 6.07 Å². The number of nitrogens with one attached hydrogen (secondary N) is 1. The highest BCUT2D eigenvalue weighted by Gasteiger charge is 2.03. The Morgan fingerprint density at radius 1 is 1.53 bits per heavy atom. The zero-order valence-corrected chi connectivity index (χ0v) is 8.65. The molecule has 0 saturated heterocycles. The lowest BCUT2D eigenvalue weighted by Crippen LogP contribution is -2.12. The number of rotatable bonds is 3. The maximum absolute atomic E-state index is 5.76. The van der Waals surface area contributed by atoms with Gasteiger partial charge >= 0.3 is 0 Å². The van der Waals surface area contributed by atoms with E-state index >= 15 is 0 Å². The predicted octanol–water partition coefficient (Wildman–Crippen LogP) is 1.27. The van der Waals surface area contributed by atoms with E-state index in [1.165, 1.54) is 0 Å². The van der Waals surface area contributed by atoms with E-state index in [9.17, 15) is 0 Å². The van der Waals surface area contributed by atoms with Gasteiger partial charge in [-0.15, -0.1) is 0 Å². The Balaban J connectivity index is 2.23. The highest BCUT2D eigenvalue weighted by Crippen LogP contribution is 2.13. The van der Waals surface area contributed by atoms with Gasteiger partial charge in [0.2, 0.25) is 0 Å². The molecule has 0 aliphatic heterocycles. The van der Waals surface area contributed by atoms with Gasteiger partial charge in [0.25, 0.3) is 0 Å². The molecule has 6 heteroatoms. The zero-order chi connectivity index (χ0) is 10.7. The fourth-order valence-corrected chi connectivity index (χ4v) is 1.45. The molecule has 0 radical (unpaired) electrons. The van der Waals surface area contributed by atoms with Crippen LogP contribution < -0.4 is 11.3 Å². The van der Waals surface area contributed by atoms with Gasteiger partial charge in [-0.2, -0.15) is 5.10 Å². The Morgan fingerprint density at radius 2 is 2.40 bits per heavy atom. The Morgan fingerprint density at radius 3 is 3.07 bits per heavy atom. The highest BCUT2D eigenvalue weighted by atomic mass is 35.5. The van der Waals surface area contributed by atoms with Crippen molar-refractivity contribution in [3.8, 4) is 0 Å². The molecule has 0 unspecified atom stereocenters. The summed E-state index contributed by atoms with van der Waals surface area (Å²) >= 11 is 5.76. The number of halogens is 1. The summed E-state index contributed by atoms with van der Waals surface area (Å²) in [7, 11) is 0. The minimum atomic E-state index is 0.583. The molecule has 0 amide bonds. The maximum atomic E-state index is 5.76. The van der Waals surface area contributed by atoms with Gasteiger partial charge in [-0.1, -0.05) is 17.7 Å². The first-order chi connectivity index (χ1) is 7.29. The van der Waals surface area contributed by atoms with Gasteiger partial charge in [0.15, 0.2) is 0 Å². The fourth-order valence-electron chi connectivity index (χ4n) is 1.30. The third-order valence-corrected chi connectivity index (χ3v) is 2.16. The van der Waals surface area contributed by atoms with Crippen molar-refractivity contribution >= 4 is 17.4 Å². The summed E-state index contributed by atoms with van der Waals surface area (Å²) in [6.07, 6.45) is 5.01. The third-order valence-electron chi connectivity index (χ3n) is 1.96. The van der Waals surface area contributed by atoms with Crippen molar-refractivity contribution < 1.29 is 0 Å². The monoisotopic (exact) mass is 223 g/mol.